The van der Waals surface area contributed by atoms with Gasteiger partial charge in [-0.15, -0.1) is 0 Å². The maximum absolute atomic E-state index is 3.74. The van der Waals surface area contributed by atoms with Crippen LogP contribution in [0.3, 0.4) is 0 Å². The summed E-state index contributed by atoms with van der Waals surface area (Å²) in [7, 11) is 7.22. The second-order valence-corrected chi connectivity index (χ2v) is 2.53. The van der Waals surface area contributed by atoms with Crippen LogP contribution in [0.2, 0.25) is 0 Å². The third-order valence-corrected chi connectivity index (χ3v) is 1.26. The Balaban J connectivity index is -0.0000000257. The van der Waals surface area contributed by atoms with Crippen LogP contribution in [-0.2, 0) is 51.7 Å². The van der Waals surface area contributed by atoms with Crippen molar-refractivity contribution in [3.05, 3.63) is 21.3 Å². The second kappa shape index (κ2) is 62.6. The summed E-state index contributed by atoms with van der Waals surface area (Å²) in [6.45, 7) is 11.8. The van der Waals surface area contributed by atoms with E-state index in [4.69, 9.17) is 0 Å². The molecule has 0 atom stereocenters. The average Bonchev–Trinajstić information content (AvgIpc) is 2.39. The first-order valence-electron chi connectivity index (χ1n) is 5.88. The van der Waals surface area contributed by atoms with Crippen LogP contribution in [0.5, 0.6) is 0 Å². The van der Waals surface area contributed by atoms with Crippen molar-refractivity contribution < 1.29 is 51.7 Å². The molecule has 0 aromatic heterocycles. The van der Waals surface area contributed by atoms with Crippen LogP contribution in [-0.4, -0.2) is 54.4 Å². The predicted molar refractivity (Wildman–Crippen MR) is 79.3 cm³/mol. The first kappa shape index (κ1) is 36.7. The molecule has 4 nitrogen and oxygen atoms in total. The van der Waals surface area contributed by atoms with Gasteiger partial charge in [-0.2, -0.15) is 54.4 Å². The minimum Gasteiger partial charge on any atom is -0.665 e. The number of rotatable bonds is 4. The Morgan fingerprint density at radius 2 is 0.556 bits per heavy atom. The zero-order chi connectivity index (χ0) is 13.7. The average molecular weight is 589 g/mol. The Bertz CT molecular complexity index is 46.0. The number of nitrogens with zero attached hydrogens (tertiary/aromatic N) is 4. The molecule has 0 radical (unpaired) electrons. The van der Waals surface area contributed by atoms with Crippen molar-refractivity contribution in [3.8, 4) is 0 Å². The fraction of sp³-hybridized carbons (Fsp3) is 1.00. The standard InChI is InChI=1S/4C3H8N.2Hf/c4*1-3-4-2;;/h4*3H2,1-2H3;;/q4*-1;;+4. The van der Waals surface area contributed by atoms with Crippen LogP contribution in [0.25, 0.3) is 21.3 Å². The molecule has 0 fully saturated rings. The van der Waals surface area contributed by atoms with Gasteiger partial charge in [-0.1, -0.05) is 27.7 Å². The van der Waals surface area contributed by atoms with E-state index < -0.39 is 0 Å². The molecule has 0 bridgehead atoms. The molecular formula is C12H32Hf2N4. The maximum atomic E-state index is 3.74. The Labute approximate surface area is 154 Å². The summed E-state index contributed by atoms with van der Waals surface area (Å²) in [5.41, 5.74) is 0. The van der Waals surface area contributed by atoms with Crippen LogP contribution in [0.4, 0.5) is 0 Å². The van der Waals surface area contributed by atoms with Gasteiger partial charge in [0, 0.05) is 25.8 Å². The van der Waals surface area contributed by atoms with Gasteiger partial charge >= 0.3 is 25.8 Å². The SMILES string of the molecule is CC[N-]C.CC[N-]C.CC[N-]C.CC[N-]C.[Hf+4].[Hf]. The van der Waals surface area contributed by atoms with Crippen molar-refractivity contribution in [2.75, 3.05) is 54.4 Å². The smallest absolute Gasteiger partial charge is 0.665 e. The summed E-state index contributed by atoms with van der Waals surface area (Å²) in [6, 6.07) is 0. The molecule has 0 N–H and O–H groups in total. The predicted octanol–water partition coefficient (Wildman–Crippen LogP) is 4.03. The van der Waals surface area contributed by atoms with Crippen molar-refractivity contribution in [2.45, 2.75) is 27.7 Å². The Morgan fingerprint density at radius 3 is 0.556 bits per heavy atom. The molecule has 0 saturated carbocycles. The van der Waals surface area contributed by atoms with Gasteiger partial charge in [-0.25, -0.2) is 0 Å². The van der Waals surface area contributed by atoms with Gasteiger partial charge < -0.3 is 21.3 Å². The first-order valence-corrected chi connectivity index (χ1v) is 5.88. The zero-order valence-corrected chi connectivity index (χ0v) is 20.8. The molecule has 0 amide bonds. The molecule has 6 heteroatoms. The van der Waals surface area contributed by atoms with E-state index >= 15 is 0 Å². The molecule has 0 unspecified atom stereocenters. The van der Waals surface area contributed by atoms with Gasteiger partial charge in [0.2, 0.25) is 0 Å². The summed E-state index contributed by atoms with van der Waals surface area (Å²) in [6.07, 6.45) is 0. The summed E-state index contributed by atoms with van der Waals surface area (Å²) in [4.78, 5) is 0. The normalized spacial score (nSPS) is 6.67. The third kappa shape index (κ3) is 155. The molecule has 0 aliphatic carbocycles. The van der Waals surface area contributed by atoms with Crippen LogP contribution >= 0.6 is 0 Å². The maximum Gasteiger partial charge on any atom is 4.00 e. The van der Waals surface area contributed by atoms with Crippen LogP contribution < -0.4 is 0 Å². The van der Waals surface area contributed by atoms with Gasteiger partial charge in [0.1, 0.15) is 0 Å². The summed E-state index contributed by atoms with van der Waals surface area (Å²) in [5.74, 6) is 0. The Hall–Kier alpha value is 1.58. The molecule has 0 aliphatic rings. The number of hydrogen-bond acceptors (Lipinski definition) is 0. The van der Waals surface area contributed by atoms with Gasteiger partial charge in [0.05, 0.1) is 0 Å². The van der Waals surface area contributed by atoms with Crippen LogP contribution in [0, 0.1) is 0 Å². The van der Waals surface area contributed by atoms with Crippen LogP contribution in [0.1, 0.15) is 27.7 Å². The number of hydrogen-bond donors (Lipinski definition) is 0. The van der Waals surface area contributed by atoms with E-state index in [1.54, 1.807) is 28.2 Å². The van der Waals surface area contributed by atoms with E-state index in [1.807, 2.05) is 27.7 Å². The molecule has 0 rings (SSSR count). The monoisotopic (exact) mass is 592 g/mol. The Kier molecular flexibility index (Phi) is 127. The molecule has 0 aromatic carbocycles. The first-order chi connectivity index (χ1) is 7.66. The molecular weight excluding hydrogens is 557 g/mol. The van der Waals surface area contributed by atoms with Crippen molar-refractivity contribution in [2.24, 2.45) is 0 Å². The molecule has 108 valence electrons. The fourth-order valence-corrected chi connectivity index (χ4v) is 0. The van der Waals surface area contributed by atoms with Crippen molar-refractivity contribution >= 4 is 0 Å². The zero-order valence-electron chi connectivity index (χ0n) is 13.6. The second-order valence-electron chi connectivity index (χ2n) is 2.53. The molecule has 0 saturated heterocycles. The van der Waals surface area contributed by atoms with Gasteiger partial charge in [-0.3, -0.25) is 0 Å². The molecule has 0 spiro atoms. The van der Waals surface area contributed by atoms with E-state index in [-0.39, 0.29) is 51.7 Å². The van der Waals surface area contributed by atoms with Gasteiger partial charge in [0.25, 0.3) is 0 Å². The summed E-state index contributed by atoms with van der Waals surface area (Å²) >= 11 is 0. The van der Waals surface area contributed by atoms with Crippen molar-refractivity contribution in [3.63, 3.8) is 0 Å². The topological polar surface area (TPSA) is 56.4 Å². The molecule has 0 heterocycles. The van der Waals surface area contributed by atoms with Crippen LogP contribution in [0.15, 0.2) is 0 Å². The van der Waals surface area contributed by atoms with E-state index in [0.717, 1.165) is 26.2 Å². The van der Waals surface area contributed by atoms with Crippen molar-refractivity contribution in [1.29, 1.82) is 0 Å². The molecule has 18 heavy (non-hydrogen) atoms. The Morgan fingerprint density at radius 1 is 0.500 bits per heavy atom. The minimum absolute atomic E-state index is 0. The van der Waals surface area contributed by atoms with Gasteiger partial charge in [0.15, 0.2) is 0 Å². The van der Waals surface area contributed by atoms with Crippen molar-refractivity contribution in [1.82, 2.24) is 0 Å². The quantitative estimate of drug-likeness (QED) is 0.445. The minimum atomic E-state index is 0. The fourth-order valence-electron chi connectivity index (χ4n) is 0. The third-order valence-electron chi connectivity index (χ3n) is 1.26. The van der Waals surface area contributed by atoms with E-state index in [2.05, 4.69) is 21.3 Å². The molecule has 0 aromatic rings. The summed E-state index contributed by atoms with van der Waals surface area (Å²) < 4.78 is 0. The largest absolute Gasteiger partial charge is 4.00 e. The van der Waals surface area contributed by atoms with E-state index in [9.17, 15) is 0 Å². The molecule has 0 aliphatic heterocycles. The summed E-state index contributed by atoms with van der Waals surface area (Å²) in [5, 5.41) is 14.9. The van der Waals surface area contributed by atoms with Gasteiger partial charge in [-0.05, 0) is 0 Å². The van der Waals surface area contributed by atoms with E-state index in [1.165, 1.54) is 0 Å². The van der Waals surface area contributed by atoms with E-state index in [0.29, 0.717) is 0 Å².